The molecule has 1 heterocycles. The predicted molar refractivity (Wildman–Crippen MR) is 66.5 cm³/mol. The van der Waals surface area contributed by atoms with Crippen molar-refractivity contribution in [2.45, 2.75) is 13.0 Å². The van der Waals surface area contributed by atoms with E-state index in [0.29, 0.717) is 17.2 Å². The van der Waals surface area contributed by atoms with Crippen molar-refractivity contribution < 1.29 is 14.1 Å². The van der Waals surface area contributed by atoms with Crippen molar-refractivity contribution in [3.8, 4) is 0 Å². The molecule has 1 unspecified atom stereocenters. The Morgan fingerprint density at radius 1 is 1.62 bits per heavy atom. The molecule has 0 saturated heterocycles. The van der Waals surface area contributed by atoms with Crippen molar-refractivity contribution in [3.63, 3.8) is 0 Å². The van der Waals surface area contributed by atoms with Crippen LogP contribution in [0.5, 0.6) is 0 Å². The summed E-state index contributed by atoms with van der Waals surface area (Å²) in [5.74, 6) is -0.191. The molecule has 1 rings (SSSR count). The summed E-state index contributed by atoms with van der Waals surface area (Å²) in [6.07, 6.45) is 2.52. The number of carboxylic acid groups (broad SMARTS) is 1. The molecule has 0 aliphatic heterocycles. The lowest BCUT2D eigenvalue weighted by molar-refractivity contribution is 0.0701. The SMILES string of the molecule is CS(=O)CCCNCc1ccsc1C(=O)O. The van der Waals surface area contributed by atoms with E-state index in [1.165, 1.54) is 11.3 Å². The number of thiophene rings is 1. The summed E-state index contributed by atoms with van der Waals surface area (Å²) in [6.45, 7) is 1.32. The maximum Gasteiger partial charge on any atom is 0.346 e. The van der Waals surface area contributed by atoms with Crippen LogP contribution in [0.3, 0.4) is 0 Å². The summed E-state index contributed by atoms with van der Waals surface area (Å²) in [7, 11) is -0.750. The van der Waals surface area contributed by atoms with Gasteiger partial charge in [-0.3, -0.25) is 4.21 Å². The number of aromatic carboxylic acids is 1. The van der Waals surface area contributed by atoms with Crippen LogP contribution in [0.25, 0.3) is 0 Å². The first kappa shape index (κ1) is 13.3. The molecular weight excluding hydrogens is 246 g/mol. The second-order valence-corrected chi connectivity index (χ2v) is 5.86. The molecule has 0 aliphatic carbocycles. The first-order chi connectivity index (χ1) is 7.61. The average Bonchev–Trinajstić information content (AvgIpc) is 2.65. The molecule has 0 aliphatic rings. The van der Waals surface area contributed by atoms with Gasteiger partial charge in [0.25, 0.3) is 0 Å². The fourth-order valence-corrected chi connectivity index (χ4v) is 2.60. The van der Waals surface area contributed by atoms with Crippen molar-refractivity contribution >= 4 is 28.1 Å². The first-order valence-electron chi connectivity index (χ1n) is 4.91. The highest BCUT2D eigenvalue weighted by Crippen LogP contribution is 2.16. The summed E-state index contributed by atoms with van der Waals surface area (Å²) in [5, 5.41) is 13.8. The van der Waals surface area contributed by atoms with Crippen molar-refractivity contribution in [2.75, 3.05) is 18.6 Å². The van der Waals surface area contributed by atoms with Crippen molar-refractivity contribution in [3.05, 3.63) is 21.9 Å². The minimum Gasteiger partial charge on any atom is -0.477 e. The predicted octanol–water partition coefficient (Wildman–Crippen LogP) is 1.30. The van der Waals surface area contributed by atoms with Crippen molar-refractivity contribution in [1.82, 2.24) is 5.32 Å². The van der Waals surface area contributed by atoms with Gasteiger partial charge in [-0.15, -0.1) is 11.3 Å². The van der Waals surface area contributed by atoms with Crippen LogP contribution in [0.2, 0.25) is 0 Å². The van der Waals surface area contributed by atoms with Gasteiger partial charge in [-0.1, -0.05) is 0 Å². The van der Waals surface area contributed by atoms with Gasteiger partial charge in [0, 0.05) is 29.4 Å². The molecular formula is C10H15NO3S2. The standard InChI is InChI=1S/C10H15NO3S2/c1-16(14)6-2-4-11-7-8-3-5-15-9(8)10(12)13/h3,5,11H,2,4,6-7H2,1H3,(H,12,13). The molecule has 2 N–H and O–H groups in total. The number of carbonyl (C=O) groups is 1. The quantitative estimate of drug-likeness (QED) is 0.726. The Balaban J connectivity index is 2.29. The van der Waals surface area contributed by atoms with Crippen LogP contribution in [0, 0.1) is 0 Å². The second kappa shape index (κ2) is 6.78. The summed E-state index contributed by atoms with van der Waals surface area (Å²) >= 11 is 1.24. The lowest BCUT2D eigenvalue weighted by atomic mass is 10.2. The zero-order valence-electron chi connectivity index (χ0n) is 9.06. The number of nitrogens with one attached hydrogen (secondary N) is 1. The van der Waals surface area contributed by atoms with E-state index < -0.39 is 16.8 Å². The number of rotatable bonds is 7. The molecule has 4 nitrogen and oxygen atoms in total. The maximum atomic E-state index is 10.8. The van der Waals surface area contributed by atoms with Crippen LogP contribution in [0.15, 0.2) is 11.4 Å². The van der Waals surface area contributed by atoms with Gasteiger partial charge < -0.3 is 10.4 Å². The molecule has 16 heavy (non-hydrogen) atoms. The van der Waals surface area contributed by atoms with Gasteiger partial charge in [-0.2, -0.15) is 0 Å². The lowest BCUT2D eigenvalue weighted by Crippen LogP contribution is -2.17. The highest BCUT2D eigenvalue weighted by Gasteiger charge is 2.10. The maximum absolute atomic E-state index is 10.8. The Labute approximate surface area is 101 Å². The van der Waals surface area contributed by atoms with Crippen molar-refractivity contribution in [1.29, 1.82) is 0 Å². The first-order valence-corrected chi connectivity index (χ1v) is 7.52. The zero-order valence-corrected chi connectivity index (χ0v) is 10.7. The number of carboxylic acids is 1. The van der Waals surface area contributed by atoms with Gasteiger partial charge in [0.15, 0.2) is 0 Å². The van der Waals surface area contributed by atoms with Gasteiger partial charge in [0.05, 0.1) is 0 Å². The van der Waals surface area contributed by atoms with E-state index in [1.54, 1.807) is 11.6 Å². The average molecular weight is 261 g/mol. The summed E-state index contributed by atoms with van der Waals surface area (Å²) < 4.78 is 10.8. The van der Waals surface area contributed by atoms with Crippen LogP contribution in [0.1, 0.15) is 21.7 Å². The van der Waals surface area contributed by atoms with Crippen LogP contribution in [-0.2, 0) is 17.3 Å². The van der Waals surface area contributed by atoms with E-state index >= 15 is 0 Å². The van der Waals surface area contributed by atoms with Gasteiger partial charge in [0.1, 0.15) is 4.88 Å². The molecule has 0 bridgehead atoms. The second-order valence-electron chi connectivity index (χ2n) is 3.39. The smallest absolute Gasteiger partial charge is 0.346 e. The molecule has 1 aromatic heterocycles. The van der Waals surface area contributed by atoms with Gasteiger partial charge in [0.2, 0.25) is 0 Å². The lowest BCUT2D eigenvalue weighted by Gasteiger charge is -2.03. The molecule has 1 atom stereocenters. The van der Waals surface area contributed by atoms with E-state index in [-0.39, 0.29) is 0 Å². The largest absolute Gasteiger partial charge is 0.477 e. The third-order valence-electron chi connectivity index (χ3n) is 2.04. The molecule has 0 aromatic carbocycles. The van der Waals surface area contributed by atoms with E-state index in [9.17, 15) is 9.00 Å². The van der Waals surface area contributed by atoms with Crippen LogP contribution in [0.4, 0.5) is 0 Å². The Hall–Kier alpha value is -0.720. The van der Waals surface area contributed by atoms with Gasteiger partial charge >= 0.3 is 5.97 Å². The monoisotopic (exact) mass is 261 g/mol. The van der Waals surface area contributed by atoms with Crippen LogP contribution in [-0.4, -0.2) is 33.8 Å². The Morgan fingerprint density at radius 3 is 3.00 bits per heavy atom. The highest BCUT2D eigenvalue weighted by molar-refractivity contribution is 7.84. The normalized spacial score (nSPS) is 12.6. The number of hydrogen-bond acceptors (Lipinski definition) is 4. The zero-order chi connectivity index (χ0) is 12.0. The Kier molecular flexibility index (Phi) is 5.65. The highest BCUT2D eigenvalue weighted by atomic mass is 32.2. The number of hydrogen-bond donors (Lipinski definition) is 2. The molecule has 0 spiro atoms. The van der Waals surface area contributed by atoms with Crippen LogP contribution >= 0.6 is 11.3 Å². The fourth-order valence-electron chi connectivity index (χ4n) is 1.29. The van der Waals surface area contributed by atoms with E-state index in [0.717, 1.165) is 18.5 Å². The molecule has 6 heteroatoms. The van der Waals surface area contributed by atoms with Gasteiger partial charge in [-0.25, -0.2) is 4.79 Å². The fraction of sp³-hybridized carbons (Fsp3) is 0.500. The molecule has 0 radical (unpaired) electrons. The molecule has 0 fully saturated rings. The van der Waals surface area contributed by atoms with E-state index in [2.05, 4.69) is 5.32 Å². The third-order valence-corrected chi connectivity index (χ3v) is 3.85. The molecule has 0 saturated carbocycles. The summed E-state index contributed by atoms with van der Waals surface area (Å²) in [4.78, 5) is 11.2. The Morgan fingerprint density at radius 2 is 2.38 bits per heavy atom. The molecule has 1 aromatic rings. The summed E-state index contributed by atoms with van der Waals surface area (Å²) in [5.41, 5.74) is 0.815. The van der Waals surface area contributed by atoms with E-state index in [1.807, 2.05) is 6.07 Å². The minimum atomic E-state index is -0.874. The van der Waals surface area contributed by atoms with E-state index in [4.69, 9.17) is 5.11 Å². The van der Waals surface area contributed by atoms with Crippen LogP contribution < -0.4 is 5.32 Å². The molecule has 90 valence electrons. The Bertz CT molecular complexity index is 376. The van der Waals surface area contributed by atoms with Gasteiger partial charge in [-0.05, 0) is 30.0 Å². The third kappa shape index (κ3) is 4.42. The minimum absolute atomic E-state index is 0.395. The van der Waals surface area contributed by atoms with Crippen molar-refractivity contribution in [2.24, 2.45) is 0 Å². The molecule has 0 amide bonds. The summed E-state index contributed by atoms with van der Waals surface area (Å²) in [6, 6.07) is 1.82. The topological polar surface area (TPSA) is 66.4 Å².